The number of benzene rings is 1. The van der Waals surface area contributed by atoms with Crippen LogP contribution in [0, 0.1) is 5.92 Å². The third-order valence-electron chi connectivity index (χ3n) is 4.59. The SMILES string of the molecule is CNC(CCc1ccccc1)C1CC(C)(C)OC1(C)C. The molecule has 20 heavy (non-hydrogen) atoms. The van der Waals surface area contributed by atoms with Crippen molar-refractivity contribution in [1.82, 2.24) is 5.32 Å². The Morgan fingerprint density at radius 1 is 1.20 bits per heavy atom. The molecule has 0 bridgehead atoms. The Morgan fingerprint density at radius 3 is 2.35 bits per heavy atom. The van der Waals surface area contributed by atoms with E-state index >= 15 is 0 Å². The van der Waals surface area contributed by atoms with Gasteiger partial charge in [0.05, 0.1) is 11.2 Å². The van der Waals surface area contributed by atoms with E-state index in [1.807, 2.05) is 0 Å². The molecule has 1 aromatic carbocycles. The third-order valence-corrected chi connectivity index (χ3v) is 4.59. The fraction of sp³-hybridized carbons (Fsp3) is 0.667. The molecule has 2 heteroatoms. The second-order valence-corrected chi connectivity index (χ2v) is 7.20. The van der Waals surface area contributed by atoms with Crippen LogP contribution in [0.4, 0.5) is 0 Å². The largest absolute Gasteiger partial charge is 0.369 e. The second-order valence-electron chi connectivity index (χ2n) is 7.20. The molecule has 1 aromatic rings. The molecule has 0 saturated carbocycles. The zero-order valence-corrected chi connectivity index (χ0v) is 13.6. The smallest absolute Gasteiger partial charge is 0.0677 e. The van der Waals surface area contributed by atoms with E-state index in [2.05, 4.69) is 70.4 Å². The molecule has 0 radical (unpaired) electrons. The van der Waals surface area contributed by atoms with Gasteiger partial charge in [0.25, 0.3) is 0 Å². The van der Waals surface area contributed by atoms with Gasteiger partial charge in [-0.2, -0.15) is 0 Å². The van der Waals surface area contributed by atoms with Gasteiger partial charge in [0.2, 0.25) is 0 Å². The van der Waals surface area contributed by atoms with E-state index in [4.69, 9.17) is 4.74 Å². The van der Waals surface area contributed by atoms with Crippen molar-refractivity contribution >= 4 is 0 Å². The summed E-state index contributed by atoms with van der Waals surface area (Å²) in [5.41, 5.74) is 1.37. The van der Waals surface area contributed by atoms with Gasteiger partial charge in [-0.1, -0.05) is 30.3 Å². The Bertz CT molecular complexity index is 424. The molecule has 0 aromatic heterocycles. The maximum atomic E-state index is 6.24. The average Bonchev–Trinajstić information content (AvgIpc) is 2.60. The summed E-state index contributed by atoms with van der Waals surface area (Å²) in [5, 5.41) is 3.53. The maximum Gasteiger partial charge on any atom is 0.0677 e. The van der Waals surface area contributed by atoms with Crippen LogP contribution in [0.5, 0.6) is 0 Å². The van der Waals surface area contributed by atoms with Crippen LogP contribution in [0.2, 0.25) is 0 Å². The summed E-state index contributed by atoms with van der Waals surface area (Å²) >= 11 is 0. The summed E-state index contributed by atoms with van der Waals surface area (Å²) in [5.74, 6) is 0.561. The molecule has 1 fully saturated rings. The van der Waals surface area contributed by atoms with Crippen molar-refractivity contribution in [3.05, 3.63) is 35.9 Å². The van der Waals surface area contributed by atoms with E-state index < -0.39 is 0 Å². The molecule has 1 saturated heterocycles. The van der Waals surface area contributed by atoms with E-state index in [1.54, 1.807) is 0 Å². The first-order chi connectivity index (χ1) is 9.34. The van der Waals surface area contributed by atoms with Crippen molar-refractivity contribution in [2.45, 2.75) is 64.2 Å². The Balaban J connectivity index is 2.01. The van der Waals surface area contributed by atoms with E-state index in [0.717, 1.165) is 19.3 Å². The third kappa shape index (κ3) is 3.62. The fourth-order valence-corrected chi connectivity index (χ4v) is 3.75. The highest BCUT2D eigenvalue weighted by molar-refractivity contribution is 5.15. The van der Waals surface area contributed by atoms with Crippen molar-refractivity contribution in [2.75, 3.05) is 7.05 Å². The predicted molar refractivity (Wildman–Crippen MR) is 85.0 cm³/mol. The molecule has 1 N–H and O–H groups in total. The van der Waals surface area contributed by atoms with Gasteiger partial charge in [-0.05, 0) is 59.6 Å². The summed E-state index contributed by atoms with van der Waals surface area (Å²) in [6.07, 6.45) is 3.41. The van der Waals surface area contributed by atoms with Crippen LogP contribution in [0.3, 0.4) is 0 Å². The van der Waals surface area contributed by atoms with Crippen LogP contribution < -0.4 is 5.32 Å². The van der Waals surface area contributed by atoms with E-state index in [9.17, 15) is 0 Å². The van der Waals surface area contributed by atoms with Crippen molar-refractivity contribution in [3.8, 4) is 0 Å². The highest BCUT2D eigenvalue weighted by Crippen LogP contribution is 2.44. The van der Waals surface area contributed by atoms with Crippen LogP contribution >= 0.6 is 0 Å². The normalized spacial score (nSPS) is 25.6. The highest BCUT2D eigenvalue weighted by atomic mass is 16.5. The van der Waals surface area contributed by atoms with Crippen LogP contribution in [0.1, 0.15) is 46.1 Å². The van der Waals surface area contributed by atoms with Gasteiger partial charge in [-0.15, -0.1) is 0 Å². The number of hydrogen-bond donors (Lipinski definition) is 1. The molecule has 2 atom stereocenters. The molecule has 112 valence electrons. The summed E-state index contributed by atoms with van der Waals surface area (Å²) in [6.45, 7) is 8.88. The van der Waals surface area contributed by atoms with Crippen molar-refractivity contribution in [2.24, 2.45) is 5.92 Å². The lowest BCUT2D eigenvalue weighted by molar-refractivity contribution is -0.0776. The molecule has 2 nitrogen and oxygen atoms in total. The molecule has 1 heterocycles. The van der Waals surface area contributed by atoms with Crippen LogP contribution in [-0.2, 0) is 11.2 Å². The lowest BCUT2D eigenvalue weighted by Crippen LogP contribution is -2.43. The van der Waals surface area contributed by atoms with Gasteiger partial charge in [0, 0.05) is 12.0 Å². The zero-order valence-electron chi connectivity index (χ0n) is 13.6. The quantitative estimate of drug-likeness (QED) is 0.882. The minimum absolute atomic E-state index is 0.00395. The Kier molecular flexibility index (Phi) is 4.55. The summed E-state index contributed by atoms with van der Waals surface area (Å²) in [4.78, 5) is 0. The number of ether oxygens (including phenoxy) is 1. The fourth-order valence-electron chi connectivity index (χ4n) is 3.75. The monoisotopic (exact) mass is 275 g/mol. The molecule has 2 unspecified atom stereocenters. The van der Waals surface area contributed by atoms with Gasteiger partial charge in [-0.3, -0.25) is 0 Å². The Labute approximate surface area is 123 Å². The van der Waals surface area contributed by atoms with Gasteiger partial charge in [0.15, 0.2) is 0 Å². The van der Waals surface area contributed by atoms with Gasteiger partial charge < -0.3 is 10.1 Å². The molecular formula is C18H29NO. The van der Waals surface area contributed by atoms with Gasteiger partial charge in [-0.25, -0.2) is 0 Å². The van der Waals surface area contributed by atoms with Crippen LogP contribution in [-0.4, -0.2) is 24.3 Å². The molecular weight excluding hydrogens is 246 g/mol. The Hall–Kier alpha value is -0.860. The molecule has 0 aliphatic carbocycles. The van der Waals surface area contributed by atoms with E-state index in [1.165, 1.54) is 5.56 Å². The van der Waals surface area contributed by atoms with Gasteiger partial charge >= 0.3 is 0 Å². The van der Waals surface area contributed by atoms with Gasteiger partial charge in [0.1, 0.15) is 0 Å². The Morgan fingerprint density at radius 2 is 1.85 bits per heavy atom. The first kappa shape index (κ1) is 15.5. The average molecular weight is 275 g/mol. The number of nitrogens with one attached hydrogen (secondary N) is 1. The minimum Gasteiger partial charge on any atom is -0.369 e. The lowest BCUT2D eigenvalue weighted by Gasteiger charge is -2.33. The van der Waals surface area contributed by atoms with E-state index in [0.29, 0.717) is 12.0 Å². The second kappa shape index (κ2) is 5.87. The number of rotatable bonds is 5. The topological polar surface area (TPSA) is 21.3 Å². The standard InChI is InChI=1S/C18H29NO/c1-17(2)13-15(18(3,4)20-17)16(19-5)12-11-14-9-7-6-8-10-14/h6-10,15-16,19H,11-13H2,1-5H3. The number of aryl methyl sites for hydroxylation is 1. The maximum absolute atomic E-state index is 6.24. The number of hydrogen-bond acceptors (Lipinski definition) is 2. The van der Waals surface area contributed by atoms with Crippen LogP contribution in [0.25, 0.3) is 0 Å². The predicted octanol–water partition coefficient (Wildman–Crippen LogP) is 3.80. The molecule has 1 aliphatic heterocycles. The van der Waals surface area contributed by atoms with Crippen molar-refractivity contribution in [3.63, 3.8) is 0 Å². The molecule has 1 aliphatic rings. The molecule has 2 rings (SSSR count). The summed E-state index contributed by atoms with van der Waals surface area (Å²) < 4.78 is 6.24. The minimum atomic E-state index is -0.0478. The summed E-state index contributed by atoms with van der Waals surface area (Å²) in [7, 11) is 2.08. The first-order valence-electron chi connectivity index (χ1n) is 7.75. The summed E-state index contributed by atoms with van der Waals surface area (Å²) in [6, 6.07) is 11.3. The van der Waals surface area contributed by atoms with Crippen molar-refractivity contribution < 1.29 is 4.74 Å². The van der Waals surface area contributed by atoms with Crippen molar-refractivity contribution in [1.29, 1.82) is 0 Å². The highest BCUT2D eigenvalue weighted by Gasteiger charge is 2.48. The zero-order chi connectivity index (χ0) is 14.8. The van der Waals surface area contributed by atoms with Crippen LogP contribution in [0.15, 0.2) is 30.3 Å². The molecule has 0 amide bonds. The van der Waals surface area contributed by atoms with E-state index in [-0.39, 0.29) is 11.2 Å². The first-order valence-corrected chi connectivity index (χ1v) is 7.75. The lowest BCUT2D eigenvalue weighted by atomic mass is 9.79. The molecule has 0 spiro atoms.